The molecule has 5 nitrogen and oxygen atoms in total. The molecule has 1 heterocycles. The zero-order valence-corrected chi connectivity index (χ0v) is 11.2. The predicted molar refractivity (Wildman–Crippen MR) is 78.7 cm³/mol. The quantitative estimate of drug-likeness (QED) is 0.884. The van der Waals surface area contributed by atoms with Crippen molar-refractivity contribution in [3.8, 4) is 11.5 Å². The molecule has 0 atom stereocenters. The van der Waals surface area contributed by atoms with Gasteiger partial charge in [-0.15, -0.1) is 0 Å². The predicted octanol–water partition coefficient (Wildman–Crippen LogP) is 2.00. The topological polar surface area (TPSA) is 73.1 Å². The van der Waals surface area contributed by atoms with E-state index in [1.165, 1.54) is 11.0 Å². The number of phenols is 2. The van der Waals surface area contributed by atoms with Gasteiger partial charge in [-0.1, -0.05) is 24.3 Å². The third-order valence-electron chi connectivity index (χ3n) is 3.37. The van der Waals surface area contributed by atoms with Gasteiger partial charge in [-0.3, -0.25) is 14.7 Å². The maximum atomic E-state index is 12.6. The minimum Gasteiger partial charge on any atom is -0.507 e. The van der Waals surface area contributed by atoms with Crippen LogP contribution in [0.15, 0.2) is 53.5 Å². The van der Waals surface area contributed by atoms with Gasteiger partial charge in [-0.25, -0.2) is 0 Å². The van der Waals surface area contributed by atoms with Crippen molar-refractivity contribution in [2.45, 2.75) is 0 Å². The fourth-order valence-corrected chi connectivity index (χ4v) is 2.34. The summed E-state index contributed by atoms with van der Waals surface area (Å²) < 4.78 is 0. The Bertz CT molecular complexity index is 725. The summed E-state index contributed by atoms with van der Waals surface area (Å²) >= 11 is 0. The molecule has 0 saturated carbocycles. The molecular formula is C16H14N2O3. The Morgan fingerprint density at radius 3 is 2.38 bits per heavy atom. The highest BCUT2D eigenvalue weighted by atomic mass is 16.3. The van der Waals surface area contributed by atoms with Gasteiger partial charge in [0.05, 0.1) is 17.7 Å². The zero-order chi connectivity index (χ0) is 14.8. The lowest BCUT2D eigenvalue weighted by Gasteiger charge is -2.19. The van der Waals surface area contributed by atoms with Crippen LogP contribution in [-0.4, -0.2) is 39.9 Å². The Kier molecular flexibility index (Phi) is 3.31. The summed E-state index contributed by atoms with van der Waals surface area (Å²) in [4.78, 5) is 18.3. The van der Waals surface area contributed by atoms with Crippen LogP contribution in [-0.2, 0) is 0 Å². The van der Waals surface area contributed by atoms with Crippen LogP contribution in [0.1, 0.15) is 15.9 Å². The Hall–Kier alpha value is -2.82. The molecule has 0 unspecified atom stereocenters. The second kappa shape index (κ2) is 5.28. The van der Waals surface area contributed by atoms with E-state index in [1.807, 2.05) is 0 Å². The number of amidine groups is 1. The van der Waals surface area contributed by atoms with Gasteiger partial charge in [0.1, 0.15) is 17.3 Å². The number of carbonyl (C=O) groups excluding carboxylic acids is 1. The van der Waals surface area contributed by atoms with Crippen LogP contribution < -0.4 is 0 Å². The number of aromatic hydroxyl groups is 2. The normalized spacial score (nSPS) is 14.1. The summed E-state index contributed by atoms with van der Waals surface area (Å²) in [5, 5.41) is 19.7. The van der Waals surface area contributed by atoms with Gasteiger partial charge in [-0.05, 0) is 24.3 Å². The van der Waals surface area contributed by atoms with Gasteiger partial charge < -0.3 is 10.2 Å². The van der Waals surface area contributed by atoms with Crippen LogP contribution in [0.4, 0.5) is 0 Å². The Labute approximate surface area is 121 Å². The first-order valence-corrected chi connectivity index (χ1v) is 6.61. The number of nitrogens with zero attached hydrogens (tertiary/aromatic N) is 2. The van der Waals surface area contributed by atoms with Crippen LogP contribution in [0.3, 0.4) is 0 Å². The summed E-state index contributed by atoms with van der Waals surface area (Å²) in [6.45, 7) is 0.903. The fraction of sp³-hybridized carbons (Fsp3) is 0.125. The zero-order valence-electron chi connectivity index (χ0n) is 11.2. The van der Waals surface area contributed by atoms with Crippen molar-refractivity contribution < 1.29 is 15.0 Å². The van der Waals surface area contributed by atoms with Gasteiger partial charge in [0, 0.05) is 6.54 Å². The first-order chi connectivity index (χ1) is 10.2. The SMILES string of the molecule is O=C(c1ccccc1O)N1CCN=C1c1ccccc1O. The summed E-state index contributed by atoms with van der Waals surface area (Å²) in [5.74, 6) is 0.119. The average Bonchev–Trinajstić information content (AvgIpc) is 2.97. The van der Waals surface area contributed by atoms with Crippen molar-refractivity contribution in [3.05, 3.63) is 59.7 Å². The van der Waals surface area contributed by atoms with E-state index in [9.17, 15) is 15.0 Å². The van der Waals surface area contributed by atoms with Gasteiger partial charge in [-0.2, -0.15) is 0 Å². The molecule has 1 aliphatic rings. The standard InChI is InChI=1S/C16H14N2O3/c19-13-7-3-1-5-11(13)15-17-9-10-18(15)16(21)12-6-2-4-8-14(12)20/h1-8,19-20H,9-10H2. The maximum absolute atomic E-state index is 12.6. The minimum atomic E-state index is -0.326. The van der Waals surface area contributed by atoms with E-state index in [0.717, 1.165) is 0 Å². The van der Waals surface area contributed by atoms with Gasteiger partial charge >= 0.3 is 0 Å². The molecule has 5 heteroatoms. The summed E-state index contributed by atoms with van der Waals surface area (Å²) in [6, 6.07) is 13.2. The molecule has 0 spiro atoms. The molecule has 0 aliphatic carbocycles. The number of carbonyl (C=O) groups is 1. The molecule has 0 fully saturated rings. The number of rotatable bonds is 2. The lowest BCUT2D eigenvalue weighted by Crippen LogP contribution is -2.34. The molecule has 0 aromatic heterocycles. The summed E-state index contributed by atoms with van der Waals surface area (Å²) in [7, 11) is 0. The molecule has 2 aromatic carbocycles. The van der Waals surface area contributed by atoms with Crippen LogP contribution in [0.25, 0.3) is 0 Å². The number of benzene rings is 2. The molecule has 1 aliphatic heterocycles. The fourth-order valence-electron chi connectivity index (χ4n) is 2.34. The highest BCUT2D eigenvalue weighted by Gasteiger charge is 2.28. The molecule has 0 saturated heterocycles. The van der Waals surface area contributed by atoms with Crippen molar-refractivity contribution in [1.82, 2.24) is 4.90 Å². The highest BCUT2D eigenvalue weighted by molar-refractivity contribution is 6.15. The molecule has 0 radical (unpaired) electrons. The van der Waals surface area contributed by atoms with Gasteiger partial charge in [0.15, 0.2) is 0 Å². The van der Waals surface area contributed by atoms with Gasteiger partial charge in [0.25, 0.3) is 5.91 Å². The monoisotopic (exact) mass is 282 g/mol. The van der Waals surface area contributed by atoms with Crippen molar-refractivity contribution >= 4 is 11.7 Å². The van der Waals surface area contributed by atoms with E-state index < -0.39 is 0 Å². The Morgan fingerprint density at radius 1 is 1.00 bits per heavy atom. The number of para-hydroxylation sites is 2. The van der Waals surface area contributed by atoms with Crippen molar-refractivity contribution in [1.29, 1.82) is 0 Å². The molecule has 0 bridgehead atoms. The van der Waals surface area contributed by atoms with Crippen LogP contribution in [0.5, 0.6) is 11.5 Å². The second-order valence-corrected chi connectivity index (χ2v) is 4.70. The molecule has 1 amide bonds. The van der Waals surface area contributed by atoms with E-state index in [-0.39, 0.29) is 23.0 Å². The first kappa shape index (κ1) is 13.2. The largest absolute Gasteiger partial charge is 0.507 e. The number of aliphatic imine (C=N–C) groups is 1. The molecule has 3 rings (SSSR count). The first-order valence-electron chi connectivity index (χ1n) is 6.61. The second-order valence-electron chi connectivity index (χ2n) is 4.70. The maximum Gasteiger partial charge on any atom is 0.263 e. The molecular weight excluding hydrogens is 268 g/mol. The van der Waals surface area contributed by atoms with Crippen LogP contribution in [0, 0.1) is 0 Å². The van der Waals surface area contributed by atoms with E-state index in [0.29, 0.717) is 24.5 Å². The van der Waals surface area contributed by atoms with E-state index in [2.05, 4.69) is 4.99 Å². The average molecular weight is 282 g/mol. The Balaban J connectivity index is 1.97. The minimum absolute atomic E-state index is 0.0639. The van der Waals surface area contributed by atoms with Crippen LogP contribution >= 0.6 is 0 Å². The number of hydrogen-bond donors (Lipinski definition) is 2. The summed E-state index contributed by atoms with van der Waals surface area (Å²) in [6.07, 6.45) is 0. The number of hydrogen-bond acceptors (Lipinski definition) is 4. The van der Waals surface area contributed by atoms with Crippen molar-refractivity contribution in [3.63, 3.8) is 0 Å². The molecule has 2 aromatic rings. The highest BCUT2D eigenvalue weighted by Crippen LogP contribution is 2.24. The third-order valence-corrected chi connectivity index (χ3v) is 3.37. The van der Waals surface area contributed by atoms with Crippen molar-refractivity contribution in [2.75, 3.05) is 13.1 Å². The molecule has 106 valence electrons. The van der Waals surface area contributed by atoms with E-state index >= 15 is 0 Å². The van der Waals surface area contributed by atoms with Crippen LogP contribution in [0.2, 0.25) is 0 Å². The molecule has 21 heavy (non-hydrogen) atoms. The van der Waals surface area contributed by atoms with Gasteiger partial charge in [0.2, 0.25) is 0 Å². The number of phenolic OH excluding ortho intramolecular Hbond substituents is 2. The number of amides is 1. The Morgan fingerprint density at radius 2 is 1.67 bits per heavy atom. The summed E-state index contributed by atoms with van der Waals surface area (Å²) in [5.41, 5.74) is 0.737. The third kappa shape index (κ3) is 2.33. The lowest BCUT2D eigenvalue weighted by molar-refractivity contribution is 0.0855. The van der Waals surface area contributed by atoms with E-state index in [4.69, 9.17) is 0 Å². The lowest BCUT2D eigenvalue weighted by atomic mass is 10.1. The van der Waals surface area contributed by atoms with Crippen molar-refractivity contribution in [2.24, 2.45) is 4.99 Å². The smallest absolute Gasteiger partial charge is 0.263 e. The van der Waals surface area contributed by atoms with E-state index in [1.54, 1.807) is 42.5 Å². The molecule has 2 N–H and O–H groups in total.